The van der Waals surface area contributed by atoms with Crippen LogP contribution in [0.4, 0.5) is 4.39 Å². The van der Waals surface area contributed by atoms with Crippen LogP contribution in [0.1, 0.15) is 18.7 Å². The Morgan fingerprint density at radius 1 is 1.42 bits per heavy atom. The highest BCUT2D eigenvalue weighted by Gasteiger charge is 2.17. The van der Waals surface area contributed by atoms with Gasteiger partial charge in [-0.2, -0.15) is 0 Å². The SMILES string of the molecule is Cc1nnc(SCC(=O)NC[C@H]2CCCO2)n1-c1ccc(F)cc1. The number of nitrogens with one attached hydrogen (secondary N) is 1. The first-order chi connectivity index (χ1) is 11.6. The second-order valence-corrected chi connectivity index (χ2v) is 6.51. The standard InChI is InChI=1S/C16H19FN4O2S/c1-11-19-20-16(21(11)13-6-4-12(17)5-7-13)24-10-15(22)18-9-14-3-2-8-23-14/h4-7,14H,2-3,8-10H2,1H3,(H,18,22)/t14-/m1/s1. The Bertz CT molecular complexity index is 699. The van der Waals surface area contributed by atoms with Crippen LogP contribution in [0.3, 0.4) is 0 Å². The molecule has 0 radical (unpaired) electrons. The van der Waals surface area contributed by atoms with Crippen LogP contribution in [-0.4, -0.2) is 45.7 Å². The summed E-state index contributed by atoms with van der Waals surface area (Å²) in [6.45, 7) is 3.14. The number of carbonyl (C=O) groups is 1. The summed E-state index contributed by atoms with van der Waals surface area (Å²) in [7, 11) is 0. The van der Waals surface area contributed by atoms with Crippen LogP contribution in [0.2, 0.25) is 0 Å². The molecule has 24 heavy (non-hydrogen) atoms. The molecule has 0 saturated carbocycles. The molecule has 1 N–H and O–H groups in total. The molecule has 128 valence electrons. The summed E-state index contributed by atoms with van der Waals surface area (Å²) in [5, 5.41) is 11.6. The number of hydrogen-bond acceptors (Lipinski definition) is 5. The highest BCUT2D eigenvalue weighted by atomic mass is 32.2. The van der Waals surface area contributed by atoms with Gasteiger partial charge in [0.2, 0.25) is 5.91 Å². The van der Waals surface area contributed by atoms with E-state index in [1.165, 1.54) is 23.9 Å². The fourth-order valence-electron chi connectivity index (χ4n) is 2.54. The zero-order valence-electron chi connectivity index (χ0n) is 13.4. The van der Waals surface area contributed by atoms with Gasteiger partial charge in [0.15, 0.2) is 5.16 Å². The average Bonchev–Trinajstić information content (AvgIpc) is 3.22. The maximum absolute atomic E-state index is 13.1. The number of carbonyl (C=O) groups excluding carboxylic acids is 1. The average molecular weight is 350 g/mol. The van der Waals surface area contributed by atoms with E-state index in [2.05, 4.69) is 15.5 Å². The third-order valence-electron chi connectivity index (χ3n) is 3.76. The third-order valence-corrected chi connectivity index (χ3v) is 4.69. The van der Waals surface area contributed by atoms with Gasteiger partial charge in [0, 0.05) is 18.8 Å². The van der Waals surface area contributed by atoms with Gasteiger partial charge >= 0.3 is 0 Å². The summed E-state index contributed by atoms with van der Waals surface area (Å²) in [4.78, 5) is 12.0. The van der Waals surface area contributed by atoms with Crippen LogP contribution in [0.15, 0.2) is 29.4 Å². The van der Waals surface area contributed by atoms with Crippen LogP contribution in [0, 0.1) is 12.7 Å². The summed E-state index contributed by atoms with van der Waals surface area (Å²) in [6.07, 6.45) is 2.17. The number of nitrogens with zero attached hydrogens (tertiary/aromatic N) is 3. The van der Waals surface area contributed by atoms with E-state index >= 15 is 0 Å². The Morgan fingerprint density at radius 3 is 2.92 bits per heavy atom. The van der Waals surface area contributed by atoms with Gasteiger partial charge in [-0.3, -0.25) is 9.36 Å². The van der Waals surface area contributed by atoms with Crippen molar-refractivity contribution in [3.8, 4) is 5.69 Å². The Balaban J connectivity index is 1.59. The molecule has 1 aromatic heterocycles. The fraction of sp³-hybridized carbons (Fsp3) is 0.438. The number of rotatable bonds is 6. The molecule has 1 aliphatic rings. The summed E-state index contributed by atoms with van der Waals surface area (Å²) in [5.74, 6) is 0.560. The van der Waals surface area contributed by atoms with Crippen LogP contribution in [0.25, 0.3) is 5.69 Å². The van der Waals surface area contributed by atoms with E-state index in [9.17, 15) is 9.18 Å². The minimum Gasteiger partial charge on any atom is -0.376 e. The van der Waals surface area contributed by atoms with E-state index < -0.39 is 0 Å². The van der Waals surface area contributed by atoms with Gasteiger partial charge in [0.25, 0.3) is 0 Å². The molecule has 0 aliphatic carbocycles. The van der Waals surface area contributed by atoms with Gasteiger partial charge in [-0.1, -0.05) is 11.8 Å². The van der Waals surface area contributed by atoms with Crippen LogP contribution >= 0.6 is 11.8 Å². The maximum Gasteiger partial charge on any atom is 0.230 e. The van der Waals surface area contributed by atoms with Gasteiger partial charge in [-0.05, 0) is 44.0 Å². The minimum atomic E-state index is -0.299. The molecule has 6 nitrogen and oxygen atoms in total. The zero-order chi connectivity index (χ0) is 16.9. The number of amides is 1. The highest BCUT2D eigenvalue weighted by Crippen LogP contribution is 2.22. The van der Waals surface area contributed by atoms with Gasteiger partial charge in [-0.25, -0.2) is 4.39 Å². The van der Waals surface area contributed by atoms with Crippen molar-refractivity contribution in [2.24, 2.45) is 0 Å². The van der Waals surface area contributed by atoms with Crippen molar-refractivity contribution in [3.05, 3.63) is 35.9 Å². The first-order valence-electron chi connectivity index (χ1n) is 7.82. The topological polar surface area (TPSA) is 69.0 Å². The van der Waals surface area contributed by atoms with Crippen LogP contribution in [-0.2, 0) is 9.53 Å². The van der Waals surface area contributed by atoms with Crippen LogP contribution < -0.4 is 5.32 Å². The molecule has 2 aromatic rings. The monoisotopic (exact) mass is 350 g/mol. The molecule has 3 rings (SSSR count). The minimum absolute atomic E-state index is 0.0678. The number of thioether (sulfide) groups is 1. The van der Waals surface area contributed by atoms with Gasteiger partial charge in [0.1, 0.15) is 11.6 Å². The Hall–Kier alpha value is -1.93. The number of ether oxygens (including phenoxy) is 1. The predicted molar refractivity (Wildman–Crippen MR) is 88.8 cm³/mol. The molecule has 8 heteroatoms. The summed E-state index contributed by atoms with van der Waals surface area (Å²) >= 11 is 1.30. The molecule has 0 bridgehead atoms. The maximum atomic E-state index is 13.1. The summed E-state index contributed by atoms with van der Waals surface area (Å²) in [6, 6.07) is 6.09. The molecule has 1 aliphatic heterocycles. The summed E-state index contributed by atoms with van der Waals surface area (Å²) < 4.78 is 20.4. The molecule has 1 atom stereocenters. The third kappa shape index (κ3) is 4.12. The van der Waals surface area contributed by atoms with E-state index in [0.717, 1.165) is 25.1 Å². The Kier molecular flexibility index (Phi) is 5.47. The Morgan fingerprint density at radius 2 is 2.21 bits per heavy atom. The molecular weight excluding hydrogens is 331 g/mol. The quantitative estimate of drug-likeness (QED) is 0.808. The van der Waals surface area contributed by atoms with Gasteiger partial charge in [-0.15, -0.1) is 10.2 Å². The molecular formula is C16H19FN4O2S. The lowest BCUT2D eigenvalue weighted by Crippen LogP contribution is -2.32. The lowest BCUT2D eigenvalue weighted by molar-refractivity contribution is -0.119. The van der Waals surface area contributed by atoms with Crippen molar-refractivity contribution in [1.29, 1.82) is 0 Å². The summed E-state index contributed by atoms with van der Waals surface area (Å²) in [5.41, 5.74) is 0.765. The second-order valence-electron chi connectivity index (χ2n) is 5.57. The number of benzene rings is 1. The molecule has 1 amide bonds. The van der Waals surface area contributed by atoms with Crippen molar-refractivity contribution in [2.75, 3.05) is 18.9 Å². The van der Waals surface area contributed by atoms with E-state index in [1.807, 2.05) is 6.92 Å². The van der Waals surface area contributed by atoms with Crippen molar-refractivity contribution < 1.29 is 13.9 Å². The van der Waals surface area contributed by atoms with E-state index in [-0.39, 0.29) is 23.6 Å². The van der Waals surface area contributed by atoms with Crippen LogP contribution in [0.5, 0.6) is 0 Å². The molecule has 1 fully saturated rings. The van der Waals surface area contributed by atoms with Crippen molar-refractivity contribution in [2.45, 2.75) is 31.0 Å². The zero-order valence-corrected chi connectivity index (χ0v) is 14.2. The fourth-order valence-corrected chi connectivity index (χ4v) is 3.37. The van der Waals surface area contributed by atoms with Gasteiger partial charge in [0.05, 0.1) is 11.9 Å². The molecule has 0 unspecified atom stereocenters. The second kappa shape index (κ2) is 7.76. The number of aryl methyl sites for hydroxylation is 1. The molecule has 0 spiro atoms. The highest BCUT2D eigenvalue weighted by molar-refractivity contribution is 7.99. The first kappa shape index (κ1) is 16.9. The predicted octanol–water partition coefficient (Wildman–Crippen LogP) is 2.10. The number of hydrogen-bond donors (Lipinski definition) is 1. The molecule has 2 heterocycles. The van der Waals surface area contributed by atoms with Crippen molar-refractivity contribution in [1.82, 2.24) is 20.1 Å². The first-order valence-corrected chi connectivity index (χ1v) is 8.81. The van der Waals surface area contributed by atoms with E-state index in [1.54, 1.807) is 16.7 Å². The Labute approximate surface area is 143 Å². The lowest BCUT2D eigenvalue weighted by Gasteiger charge is -2.11. The smallest absolute Gasteiger partial charge is 0.230 e. The van der Waals surface area contributed by atoms with Gasteiger partial charge < -0.3 is 10.1 Å². The lowest BCUT2D eigenvalue weighted by atomic mass is 10.2. The molecule has 1 saturated heterocycles. The normalized spacial score (nSPS) is 17.2. The largest absolute Gasteiger partial charge is 0.376 e. The van der Waals surface area contributed by atoms with E-state index in [0.29, 0.717) is 17.5 Å². The number of halogens is 1. The number of aromatic nitrogens is 3. The van der Waals surface area contributed by atoms with E-state index in [4.69, 9.17) is 4.74 Å². The van der Waals surface area contributed by atoms with Crippen molar-refractivity contribution >= 4 is 17.7 Å². The van der Waals surface area contributed by atoms with Crippen molar-refractivity contribution in [3.63, 3.8) is 0 Å². The molecule has 1 aromatic carbocycles.